The molecule has 6 heteroatoms. The molecule has 154 valence electrons. The molecule has 0 saturated carbocycles. The number of benzene rings is 1. The van der Waals surface area contributed by atoms with Gasteiger partial charge in [-0.15, -0.1) is 0 Å². The number of anilines is 2. The second-order valence-electron chi connectivity index (χ2n) is 7.78. The zero-order valence-electron chi connectivity index (χ0n) is 17.0. The van der Waals surface area contributed by atoms with Crippen LogP contribution >= 0.6 is 0 Å². The van der Waals surface area contributed by atoms with Crippen molar-refractivity contribution in [3.8, 4) is 0 Å². The Morgan fingerprint density at radius 1 is 1.18 bits per heavy atom. The Kier molecular flexibility index (Phi) is 7.71. The Balaban J connectivity index is 1.69. The third-order valence-corrected chi connectivity index (χ3v) is 5.49. The van der Waals surface area contributed by atoms with Gasteiger partial charge in [-0.3, -0.25) is 9.59 Å². The van der Waals surface area contributed by atoms with Crippen LogP contribution in [0.25, 0.3) is 0 Å². The van der Waals surface area contributed by atoms with Gasteiger partial charge in [0, 0.05) is 44.0 Å². The molecule has 2 saturated heterocycles. The first kappa shape index (κ1) is 20.6. The minimum absolute atomic E-state index is 0.00749. The molecular weight excluding hydrogens is 354 g/mol. The lowest BCUT2D eigenvalue weighted by molar-refractivity contribution is -0.116. The van der Waals surface area contributed by atoms with E-state index in [0.717, 1.165) is 70.3 Å². The van der Waals surface area contributed by atoms with Crippen LogP contribution in [-0.4, -0.2) is 44.2 Å². The first-order valence-corrected chi connectivity index (χ1v) is 10.8. The van der Waals surface area contributed by atoms with Crippen LogP contribution in [-0.2, 0) is 9.53 Å². The number of ether oxygens (including phenoxy) is 1. The van der Waals surface area contributed by atoms with Gasteiger partial charge < -0.3 is 20.3 Å². The van der Waals surface area contributed by atoms with Gasteiger partial charge in [0.25, 0.3) is 5.91 Å². The van der Waals surface area contributed by atoms with Gasteiger partial charge in [-0.1, -0.05) is 19.8 Å². The maximum Gasteiger partial charge on any atom is 0.253 e. The molecule has 0 aromatic heterocycles. The minimum atomic E-state index is -0.0977. The summed E-state index contributed by atoms with van der Waals surface area (Å²) in [6.45, 7) is 5.37. The first-order chi connectivity index (χ1) is 13.7. The summed E-state index contributed by atoms with van der Waals surface area (Å²) < 4.78 is 5.61. The highest BCUT2D eigenvalue weighted by molar-refractivity contribution is 6.02. The molecule has 2 aliphatic rings. The van der Waals surface area contributed by atoms with Crippen LogP contribution in [0.1, 0.15) is 68.6 Å². The normalized spacial score (nSPS) is 19.0. The summed E-state index contributed by atoms with van der Waals surface area (Å²) in [5.74, 6) is -0.0902. The molecule has 0 bridgehead atoms. The first-order valence-electron chi connectivity index (χ1n) is 10.8. The maximum atomic E-state index is 12.9. The van der Waals surface area contributed by atoms with E-state index in [9.17, 15) is 9.59 Å². The molecule has 0 spiro atoms. The largest absolute Gasteiger partial charge is 0.376 e. The van der Waals surface area contributed by atoms with Gasteiger partial charge in [-0.05, 0) is 50.3 Å². The quantitative estimate of drug-likeness (QED) is 0.634. The molecule has 0 aliphatic carbocycles. The number of hydrogen-bond acceptors (Lipinski definition) is 4. The zero-order chi connectivity index (χ0) is 19.8. The van der Waals surface area contributed by atoms with Crippen LogP contribution in [0, 0.1) is 0 Å². The van der Waals surface area contributed by atoms with Gasteiger partial charge >= 0.3 is 0 Å². The van der Waals surface area contributed by atoms with Crippen LogP contribution in [0.3, 0.4) is 0 Å². The van der Waals surface area contributed by atoms with Gasteiger partial charge in [0.05, 0.1) is 11.7 Å². The summed E-state index contributed by atoms with van der Waals surface area (Å²) in [5, 5.41) is 5.97. The molecule has 2 aliphatic heterocycles. The van der Waals surface area contributed by atoms with E-state index >= 15 is 0 Å². The van der Waals surface area contributed by atoms with E-state index in [1.807, 2.05) is 18.2 Å². The van der Waals surface area contributed by atoms with Crippen molar-refractivity contribution in [2.45, 2.75) is 64.4 Å². The monoisotopic (exact) mass is 387 g/mol. The fourth-order valence-electron chi connectivity index (χ4n) is 3.90. The molecule has 2 heterocycles. The van der Waals surface area contributed by atoms with Crippen molar-refractivity contribution in [1.82, 2.24) is 5.32 Å². The van der Waals surface area contributed by atoms with Crippen LogP contribution in [0.15, 0.2) is 18.2 Å². The fourth-order valence-corrected chi connectivity index (χ4v) is 3.90. The number of amides is 2. The highest BCUT2D eigenvalue weighted by Gasteiger charge is 2.22. The fraction of sp³-hybridized carbons (Fsp3) is 0.636. The van der Waals surface area contributed by atoms with Crippen molar-refractivity contribution in [2.75, 3.05) is 36.5 Å². The van der Waals surface area contributed by atoms with Gasteiger partial charge in [0.15, 0.2) is 0 Å². The molecule has 1 atom stereocenters. The van der Waals surface area contributed by atoms with E-state index in [4.69, 9.17) is 4.74 Å². The average molecular weight is 388 g/mol. The van der Waals surface area contributed by atoms with Gasteiger partial charge in [-0.25, -0.2) is 0 Å². The highest BCUT2D eigenvalue weighted by atomic mass is 16.5. The van der Waals surface area contributed by atoms with E-state index in [0.29, 0.717) is 24.2 Å². The summed E-state index contributed by atoms with van der Waals surface area (Å²) in [6, 6.07) is 5.69. The van der Waals surface area contributed by atoms with E-state index in [-0.39, 0.29) is 17.9 Å². The van der Waals surface area contributed by atoms with Crippen molar-refractivity contribution < 1.29 is 14.3 Å². The van der Waals surface area contributed by atoms with Gasteiger partial charge in [-0.2, -0.15) is 0 Å². The van der Waals surface area contributed by atoms with Crippen LogP contribution in [0.5, 0.6) is 0 Å². The van der Waals surface area contributed by atoms with Crippen LogP contribution in [0.4, 0.5) is 11.4 Å². The number of carbonyl (C=O) groups excluding carboxylic acids is 2. The average Bonchev–Trinajstić information content (AvgIpc) is 3.40. The molecule has 1 aromatic carbocycles. The van der Waals surface area contributed by atoms with E-state index < -0.39 is 0 Å². The Bertz CT molecular complexity index is 665. The van der Waals surface area contributed by atoms with Crippen molar-refractivity contribution in [1.29, 1.82) is 0 Å². The number of rotatable bonds is 9. The maximum absolute atomic E-state index is 12.9. The predicted molar refractivity (Wildman–Crippen MR) is 112 cm³/mol. The number of hydrogen-bond donors (Lipinski definition) is 2. The molecule has 2 amide bonds. The summed E-state index contributed by atoms with van der Waals surface area (Å²) in [7, 11) is 0. The summed E-state index contributed by atoms with van der Waals surface area (Å²) in [5.41, 5.74) is 2.27. The molecule has 28 heavy (non-hydrogen) atoms. The second-order valence-corrected chi connectivity index (χ2v) is 7.78. The zero-order valence-corrected chi connectivity index (χ0v) is 17.0. The van der Waals surface area contributed by atoms with Crippen molar-refractivity contribution in [3.63, 3.8) is 0 Å². The predicted octanol–water partition coefficient (Wildman–Crippen LogP) is 3.71. The number of nitrogens with zero attached hydrogens (tertiary/aromatic N) is 1. The smallest absolute Gasteiger partial charge is 0.253 e. The van der Waals surface area contributed by atoms with Crippen molar-refractivity contribution >= 4 is 23.2 Å². The topological polar surface area (TPSA) is 70.7 Å². The molecule has 2 N–H and O–H groups in total. The lowest BCUT2D eigenvalue weighted by Crippen LogP contribution is -2.33. The molecule has 0 radical (unpaired) electrons. The van der Waals surface area contributed by atoms with E-state index in [1.54, 1.807) is 0 Å². The lowest BCUT2D eigenvalue weighted by Gasteiger charge is -2.22. The van der Waals surface area contributed by atoms with E-state index in [1.165, 1.54) is 0 Å². The SMILES string of the molecule is CCCCCC(=O)Nc1ccc(N2CCCC2)c(C(=O)NC[C@H]2CCCO2)c1. The Labute approximate surface area is 168 Å². The molecule has 0 unspecified atom stereocenters. The molecular formula is C22H33N3O3. The summed E-state index contributed by atoms with van der Waals surface area (Å²) in [6.07, 6.45) is 8.00. The third-order valence-electron chi connectivity index (χ3n) is 5.49. The standard InChI is InChI=1S/C22H33N3O3/c1-2-3-4-9-21(26)24-17-10-11-20(25-12-5-6-13-25)19(15-17)22(27)23-16-18-8-7-14-28-18/h10-11,15,18H,2-9,12-14,16H2,1H3,(H,23,27)(H,24,26)/t18-/m1/s1. The second kappa shape index (κ2) is 10.5. The van der Waals surface area contributed by atoms with Crippen molar-refractivity contribution in [2.24, 2.45) is 0 Å². The molecule has 6 nitrogen and oxygen atoms in total. The number of carbonyl (C=O) groups is 2. The molecule has 1 aromatic rings. The lowest BCUT2D eigenvalue weighted by atomic mass is 10.1. The summed E-state index contributed by atoms with van der Waals surface area (Å²) >= 11 is 0. The minimum Gasteiger partial charge on any atom is -0.376 e. The number of unbranched alkanes of at least 4 members (excludes halogenated alkanes) is 2. The molecule has 2 fully saturated rings. The Hall–Kier alpha value is -2.08. The van der Waals surface area contributed by atoms with Crippen molar-refractivity contribution in [3.05, 3.63) is 23.8 Å². The van der Waals surface area contributed by atoms with Crippen LogP contribution in [0.2, 0.25) is 0 Å². The van der Waals surface area contributed by atoms with Crippen LogP contribution < -0.4 is 15.5 Å². The van der Waals surface area contributed by atoms with Gasteiger partial charge in [0.2, 0.25) is 5.91 Å². The Morgan fingerprint density at radius 3 is 2.71 bits per heavy atom. The number of nitrogens with one attached hydrogen (secondary N) is 2. The Morgan fingerprint density at radius 2 is 2.00 bits per heavy atom. The van der Waals surface area contributed by atoms with Gasteiger partial charge in [0.1, 0.15) is 0 Å². The highest BCUT2D eigenvalue weighted by Crippen LogP contribution is 2.28. The third kappa shape index (κ3) is 5.71. The summed E-state index contributed by atoms with van der Waals surface area (Å²) in [4.78, 5) is 27.4. The van der Waals surface area contributed by atoms with E-state index in [2.05, 4.69) is 22.5 Å². The molecule has 3 rings (SSSR count).